The molecule has 1 aliphatic carbocycles. The predicted octanol–water partition coefficient (Wildman–Crippen LogP) is 3.43. The van der Waals surface area contributed by atoms with E-state index in [1.807, 2.05) is 0 Å². The van der Waals surface area contributed by atoms with Crippen molar-refractivity contribution in [3.63, 3.8) is 0 Å². The van der Waals surface area contributed by atoms with Crippen molar-refractivity contribution in [2.75, 3.05) is 6.61 Å². The number of hydrogen-bond acceptors (Lipinski definition) is 1. The second-order valence-electron chi connectivity index (χ2n) is 4.82. The second-order valence-corrected chi connectivity index (χ2v) is 4.82. The fourth-order valence-corrected chi connectivity index (χ4v) is 2.40. The van der Waals surface area contributed by atoms with Crippen LogP contribution in [0.1, 0.15) is 36.0 Å². The molecule has 1 N–H and O–H groups in total. The summed E-state index contributed by atoms with van der Waals surface area (Å²) in [5.74, 6) is 0. The molecule has 0 amide bonds. The number of aliphatic hydroxyl groups is 1. The predicted molar refractivity (Wildman–Crippen MR) is 58.8 cm³/mol. The standard InChI is InChI=1S/C13H15F3O/c1-9-3-4-10(7-11(9)13(14,15)16)12(8-17)5-2-6-12/h3-4,7,17H,2,5-6,8H2,1H3. The van der Waals surface area contributed by atoms with E-state index in [9.17, 15) is 18.3 Å². The van der Waals surface area contributed by atoms with Crippen LogP contribution in [0.15, 0.2) is 18.2 Å². The Morgan fingerprint density at radius 3 is 2.35 bits per heavy atom. The number of benzene rings is 1. The number of rotatable bonds is 2. The molecule has 0 aliphatic heterocycles. The van der Waals surface area contributed by atoms with Gasteiger partial charge in [-0.2, -0.15) is 13.2 Å². The third kappa shape index (κ3) is 2.06. The van der Waals surface area contributed by atoms with Gasteiger partial charge in [-0.15, -0.1) is 0 Å². The van der Waals surface area contributed by atoms with Crippen molar-refractivity contribution in [3.8, 4) is 0 Å². The maximum Gasteiger partial charge on any atom is 0.416 e. The Hall–Kier alpha value is -1.03. The van der Waals surface area contributed by atoms with Gasteiger partial charge in [-0.1, -0.05) is 18.6 Å². The van der Waals surface area contributed by atoms with Gasteiger partial charge in [0.15, 0.2) is 0 Å². The van der Waals surface area contributed by atoms with Gasteiger partial charge in [0.2, 0.25) is 0 Å². The topological polar surface area (TPSA) is 20.2 Å². The summed E-state index contributed by atoms with van der Waals surface area (Å²) in [4.78, 5) is 0. The van der Waals surface area contributed by atoms with Crippen LogP contribution in [0.25, 0.3) is 0 Å². The minimum absolute atomic E-state index is 0.0760. The molecule has 0 atom stereocenters. The molecule has 0 spiro atoms. The molecule has 1 saturated carbocycles. The first-order chi connectivity index (χ1) is 7.89. The molecule has 1 fully saturated rings. The van der Waals surface area contributed by atoms with Gasteiger partial charge in [0.05, 0.1) is 12.2 Å². The monoisotopic (exact) mass is 244 g/mol. The van der Waals surface area contributed by atoms with E-state index in [0.29, 0.717) is 5.56 Å². The van der Waals surface area contributed by atoms with E-state index in [4.69, 9.17) is 0 Å². The lowest BCUT2D eigenvalue weighted by atomic mass is 9.65. The zero-order valence-electron chi connectivity index (χ0n) is 9.64. The normalized spacial score (nSPS) is 18.9. The summed E-state index contributed by atoms with van der Waals surface area (Å²) in [5.41, 5.74) is -0.180. The minimum atomic E-state index is -4.32. The fraction of sp³-hybridized carbons (Fsp3) is 0.538. The van der Waals surface area contributed by atoms with Gasteiger partial charge >= 0.3 is 6.18 Å². The average molecular weight is 244 g/mol. The first-order valence-electron chi connectivity index (χ1n) is 5.68. The Bertz CT molecular complexity index is 414. The largest absolute Gasteiger partial charge is 0.416 e. The highest BCUT2D eigenvalue weighted by Crippen LogP contribution is 2.45. The lowest BCUT2D eigenvalue weighted by Gasteiger charge is -2.41. The Morgan fingerprint density at radius 1 is 1.29 bits per heavy atom. The van der Waals surface area contributed by atoms with Gasteiger partial charge in [0.1, 0.15) is 0 Å². The summed E-state index contributed by atoms with van der Waals surface area (Å²) in [5, 5.41) is 9.37. The highest BCUT2D eigenvalue weighted by molar-refractivity contribution is 5.38. The number of aliphatic hydroxyl groups excluding tert-OH is 1. The highest BCUT2D eigenvalue weighted by atomic mass is 19.4. The van der Waals surface area contributed by atoms with Crippen molar-refractivity contribution in [2.24, 2.45) is 0 Å². The number of hydrogen-bond donors (Lipinski definition) is 1. The SMILES string of the molecule is Cc1ccc(C2(CO)CCC2)cc1C(F)(F)F. The van der Waals surface area contributed by atoms with E-state index >= 15 is 0 Å². The van der Waals surface area contributed by atoms with Crippen LogP contribution in [-0.4, -0.2) is 11.7 Å². The van der Waals surface area contributed by atoms with Crippen molar-refractivity contribution in [3.05, 3.63) is 34.9 Å². The molecule has 0 unspecified atom stereocenters. The van der Waals surface area contributed by atoms with Crippen molar-refractivity contribution in [1.82, 2.24) is 0 Å². The zero-order chi connectivity index (χ0) is 12.7. The first-order valence-corrected chi connectivity index (χ1v) is 5.68. The number of alkyl halides is 3. The molecule has 0 saturated heterocycles. The van der Waals surface area contributed by atoms with Gasteiger partial charge in [-0.3, -0.25) is 0 Å². The van der Waals surface area contributed by atoms with E-state index < -0.39 is 17.2 Å². The van der Waals surface area contributed by atoms with Crippen LogP contribution in [0.5, 0.6) is 0 Å². The van der Waals surface area contributed by atoms with Gasteiger partial charge in [0, 0.05) is 5.41 Å². The number of halogens is 3. The smallest absolute Gasteiger partial charge is 0.395 e. The van der Waals surface area contributed by atoms with Crippen molar-refractivity contribution in [2.45, 2.75) is 37.8 Å². The molecular weight excluding hydrogens is 229 g/mol. The van der Waals surface area contributed by atoms with E-state index in [1.165, 1.54) is 19.1 Å². The van der Waals surface area contributed by atoms with Crippen molar-refractivity contribution < 1.29 is 18.3 Å². The molecule has 2 rings (SSSR count). The molecule has 4 heteroatoms. The lowest BCUT2D eigenvalue weighted by molar-refractivity contribution is -0.138. The third-order valence-electron chi connectivity index (χ3n) is 3.77. The lowest BCUT2D eigenvalue weighted by Crippen LogP contribution is -2.38. The highest BCUT2D eigenvalue weighted by Gasteiger charge is 2.40. The van der Waals surface area contributed by atoms with E-state index in [0.717, 1.165) is 19.3 Å². The molecule has 0 aromatic heterocycles. The molecule has 94 valence electrons. The fourth-order valence-electron chi connectivity index (χ4n) is 2.40. The quantitative estimate of drug-likeness (QED) is 0.845. The van der Waals surface area contributed by atoms with Gasteiger partial charge in [-0.05, 0) is 37.0 Å². The summed E-state index contributed by atoms with van der Waals surface area (Å²) in [6.07, 6.45) is -1.82. The van der Waals surface area contributed by atoms with E-state index in [1.54, 1.807) is 6.07 Å². The minimum Gasteiger partial charge on any atom is -0.395 e. The van der Waals surface area contributed by atoms with Crippen LogP contribution >= 0.6 is 0 Å². The zero-order valence-corrected chi connectivity index (χ0v) is 9.64. The van der Waals surface area contributed by atoms with Gasteiger partial charge in [0.25, 0.3) is 0 Å². The van der Waals surface area contributed by atoms with Crippen LogP contribution in [0.4, 0.5) is 13.2 Å². The second kappa shape index (κ2) is 4.02. The number of aryl methyl sites for hydroxylation is 1. The maximum absolute atomic E-state index is 12.8. The molecule has 1 aromatic carbocycles. The van der Waals surface area contributed by atoms with Crippen LogP contribution in [0, 0.1) is 6.92 Å². The van der Waals surface area contributed by atoms with Crippen LogP contribution in [0.2, 0.25) is 0 Å². The molecule has 1 aliphatic rings. The molecule has 0 radical (unpaired) electrons. The summed E-state index contributed by atoms with van der Waals surface area (Å²) in [6.45, 7) is 1.38. The van der Waals surface area contributed by atoms with Crippen LogP contribution in [0.3, 0.4) is 0 Å². The van der Waals surface area contributed by atoms with Crippen LogP contribution < -0.4 is 0 Å². The molecule has 17 heavy (non-hydrogen) atoms. The molecule has 0 bridgehead atoms. The van der Waals surface area contributed by atoms with Crippen LogP contribution in [-0.2, 0) is 11.6 Å². The Kier molecular flexibility index (Phi) is 2.94. The van der Waals surface area contributed by atoms with Gasteiger partial charge in [-0.25, -0.2) is 0 Å². The molecular formula is C13H15F3O. The Labute approximate surface area is 98.3 Å². The van der Waals surface area contributed by atoms with Crippen molar-refractivity contribution >= 4 is 0 Å². The van der Waals surface area contributed by atoms with E-state index in [2.05, 4.69) is 0 Å². The molecule has 0 heterocycles. The van der Waals surface area contributed by atoms with Crippen molar-refractivity contribution in [1.29, 1.82) is 0 Å². The molecule has 1 aromatic rings. The summed E-state index contributed by atoms with van der Waals surface area (Å²) in [7, 11) is 0. The maximum atomic E-state index is 12.8. The third-order valence-corrected chi connectivity index (χ3v) is 3.77. The summed E-state index contributed by atoms with van der Waals surface area (Å²) in [6, 6.07) is 4.40. The first kappa shape index (κ1) is 12.4. The average Bonchev–Trinajstić information content (AvgIpc) is 2.17. The Balaban J connectivity index is 2.44. The van der Waals surface area contributed by atoms with E-state index in [-0.39, 0.29) is 12.2 Å². The summed E-state index contributed by atoms with van der Waals surface area (Å²) >= 11 is 0. The summed E-state index contributed by atoms with van der Waals surface area (Å²) < 4.78 is 38.3. The Morgan fingerprint density at radius 2 is 1.94 bits per heavy atom. The van der Waals surface area contributed by atoms with Gasteiger partial charge < -0.3 is 5.11 Å². The molecule has 1 nitrogen and oxygen atoms in total.